The first-order valence-electron chi connectivity index (χ1n) is 4.30. The lowest BCUT2D eigenvalue weighted by molar-refractivity contribution is 0.813. The summed E-state index contributed by atoms with van der Waals surface area (Å²) in [6.07, 6.45) is 1.80. The van der Waals surface area contributed by atoms with E-state index in [0.717, 1.165) is 23.4 Å². The number of nitrogens with one attached hydrogen (secondary N) is 2. The number of hydrogen-bond acceptors (Lipinski definition) is 3. The summed E-state index contributed by atoms with van der Waals surface area (Å²) < 4.78 is 1.01. The normalized spacial score (nSPS) is 10.1. The minimum Gasteiger partial charge on any atom is -0.370 e. The highest BCUT2D eigenvalue weighted by molar-refractivity contribution is 9.10. The third-order valence-electron chi connectivity index (χ3n) is 1.64. The van der Waals surface area contributed by atoms with Gasteiger partial charge in [-0.3, -0.25) is 0 Å². The molecule has 0 aliphatic carbocycles. The summed E-state index contributed by atoms with van der Waals surface area (Å²) in [7, 11) is 1.93. The van der Waals surface area contributed by atoms with Crippen molar-refractivity contribution in [3.05, 3.63) is 22.3 Å². The van der Waals surface area contributed by atoms with Gasteiger partial charge in [0.15, 0.2) is 0 Å². The second-order valence-corrected chi connectivity index (χ2v) is 3.64. The van der Waals surface area contributed by atoms with Crippen LogP contribution in [0.25, 0.3) is 0 Å². The van der Waals surface area contributed by atoms with Gasteiger partial charge in [-0.2, -0.15) is 0 Å². The Morgan fingerprint density at radius 2 is 2.31 bits per heavy atom. The lowest BCUT2D eigenvalue weighted by Gasteiger charge is -2.09. The maximum atomic E-state index is 4.29. The van der Waals surface area contributed by atoms with Gasteiger partial charge >= 0.3 is 0 Å². The fraction of sp³-hybridized carbons (Fsp3) is 0.444. The molecule has 0 aromatic carbocycles. The van der Waals surface area contributed by atoms with E-state index < -0.39 is 0 Å². The highest BCUT2D eigenvalue weighted by Crippen LogP contribution is 2.17. The van der Waals surface area contributed by atoms with Gasteiger partial charge in [-0.25, -0.2) is 4.98 Å². The highest BCUT2D eigenvalue weighted by Gasteiger charge is 2.02. The summed E-state index contributed by atoms with van der Waals surface area (Å²) in [5, 5.41) is 6.33. The van der Waals surface area contributed by atoms with E-state index in [2.05, 4.69) is 44.5 Å². The van der Waals surface area contributed by atoms with Crippen molar-refractivity contribution in [3.8, 4) is 0 Å². The van der Waals surface area contributed by atoms with Crippen LogP contribution in [0, 0.1) is 0 Å². The van der Waals surface area contributed by atoms with E-state index in [-0.39, 0.29) is 0 Å². The van der Waals surface area contributed by atoms with E-state index in [9.17, 15) is 0 Å². The molecule has 0 saturated heterocycles. The predicted molar refractivity (Wildman–Crippen MR) is 58.9 cm³/mol. The lowest BCUT2D eigenvalue weighted by Crippen LogP contribution is -2.10. The highest BCUT2D eigenvalue weighted by atomic mass is 79.9. The summed E-state index contributed by atoms with van der Waals surface area (Å²) in [6, 6.07) is 2.07. The van der Waals surface area contributed by atoms with Gasteiger partial charge in [0.25, 0.3) is 0 Å². The summed E-state index contributed by atoms with van der Waals surface area (Å²) in [4.78, 5) is 4.29. The smallest absolute Gasteiger partial charge is 0.130 e. The van der Waals surface area contributed by atoms with Crippen LogP contribution < -0.4 is 10.6 Å². The summed E-state index contributed by atoms with van der Waals surface area (Å²) in [5.74, 6) is 0.958. The average Bonchev–Trinajstić information content (AvgIpc) is 2.10. The van der Waals surface area contributed by atoms with Crippen LogP contribution in [0.1, 0.15) is 12.5 Å². The monoisotopic (exact) mass is 243 g/mol. The molecule has 1 heterocycles. The number of anilines is 1. The zero-order chi connectivity index (χ0) is 9.68. The summed E-state index contributed by atoms with van der Waals surface area (Å²) in [5.41, 5.74) is 1.18. The third-order valence-corrected chi connectivity index (χ3v) is 2.08. The Morgan fingerprint density at radius 3 is 2.92 bits per heavy atom. The first-order chi connectivity index (χ1) is 6.27. The van der Waals surface area contributed by atoms with Gasteiger partial charge in [0.1, 0.15) is 5.82 Å². The second kappa shape index (κ2) is 5.19. The van der Waals surface area contributed by atoms with Gasteiger partial charge in [-0.05, 0) is 36.0 Å². The van der Waals surface area contributed by atoms with Crippen LogP contribution in [0.4, 0.5) is 5.82 Å². The van der Waals surface area contributed by atoms with Gasteiger partial charge in [-0.1, -0.05) is 0 Å². The molecular formula is C9H14BrN3. The van der Waals surface area contributed by atoms with Crippen molar-refractivity contribution in [2.24, 2.45) is 0 Å². The molecule has 4 heteroatoms. The van der Waals surface area contributed by atoms with E-state index in [0.29, 0.717) is 0 Å². The van der Waals surface area contributed by atoms with Gasteiger partial charge in [0.05, 0.1) is 0 Å². The van der Waals surface area contributed by atoms with E-state index in [1.807, 2.05) is 7.05 Å². The summed E-state index contributed by atoms with van der Waals surface area (Å²) >= 11 is 3.40. The molecule has 0 bridgehead atoms. The molecule has 0 radical (unpaired) electrons. The topological polar surface area (TPSA) is 37.0 Å². The number of halogens is 1. The van der Waals surface area contributed by atoms with E-state index >= 15 is 0 Å². The molecule has 0 aliphatic heterocycles. The van der Waals surface area contributed by atoms with Crippen LogP contribution >= 0.6 is 15.9 Å². The van der Waals surface area contributed by atoms with Crippen LogP contribution in [0.15, 0.2) is 16.7 Å². The molecule has 0 spiro atoms. The largest absolute Gasteiger partial charge is 0.370 e. The maximum Gasteiger partial charge on any atom is 0.130 e. The Labute approximate surface area is 87.1 Å². The Morgan fingerprint density at radius 1 is 1.54 bits per heavy atom. The van der Waals surface area contributed by atoms with Crippen LogP contribution in [0.2, 0.25) is 0 Å². The van der Waals surface area contributed by atoms with Crippen LogP contribution in [0.5, 0.6) is 0 Å². The predicted octanol–water partition coefficient (Wildman–Crippen LogP) is 2.00. The Kier molecular flexibility index (Phi) is 4.18. The van der Waals surface area contributed by atoms with Crippen molar-refractivity contribution in [2.75, 3.05) is 18.9 Å². The van der Waals surface area contributed by atoms with Gasteiger partial charge in [0, 0.05) is 29.3 Å². The number of rotatable bonds is 4. The first kappa shape index (κ1) is 10.5. The Bertz CT molecular complexity index is 276. The minimum atomic E-state index is 0.828. The molecule has 0 atom stereocenters. The van der Waals surface area contributed by atoms with Gasteiger partial charge in [-0.15, -0.1) is 0 Å². The molecule has 0 saturated carbocycles. The number of nitrogens with zero attached hydrogens (tertiary/aromatic N) is 1. The van der Waals surface area contributed by atoms with Crippen molar-refractivity contribution in [1.29, 1.82) is 0 Å². The van der Waals surface area contributed by atoms with Gasteiger partial charge < -0.3 is 10.6 Å². The quantitative estimate of drug-likeness (QED) is 0.850. The molecule has 0 fully saturated rings. The standard InChI is InChI=1S/C9H14BrN3/c1-3-12-9-7(5-11-2)4-8(10)6-13-9/h4,6,11H,3,5H2,1-2H3,(H,12,13). The fourth-order valence-electron chi connectivity index (χ4n) is 1.13. The number of pyridine rings is 1. The lowest BCUT2D eigenvalue weighted by atomic mass is 10.2. The second-order valence-electron chi connectivity index (χ2n) is 2.72. The Balaban J connectivity index is 2.89. The Hall–Kier alpha value is -0.610. The first-order valence-corrected chi connectivity index (χ1v) is 5.10. The minimum absolute atomic E-state index is 0.828. The van der Waals surface area contributed by atoms with E-state index in [1.165, 1.54) is 5.56 Å². The van der Waals surface area contributed by atoms with E-state index in [4.69, 9.17) is 0 Å². The maximum absolute atomic E-state index is 4.29. The molecular weight excluding hydrogens is 230 g/mol. The molecule has 1 aromatic heterocycles. The molecule has 1 rings (SSSR count). The van der Waals surface area contributed by atoms with Gasteiger partial charge in [0.2, 0.25) is 0 Å². The number of hydrogen-bond donors (Lipinski definition) is 2. The fourth-order valence-corrected chi connectivity index (χ4v) is 1.51. The van der Waals surface area contributed by atoms with Crippen molar-refractivity contribution in [3.63, 3.8) is 0 Å². The van der Waals surface area contributed by atoms with Crippen LogP contribution in [-0.4, -0.2) is 18.6 Å². The van der Waals surface area contributed by atoms with Crippen LogP contribution in [0.3, 0.4) is 0 Å². The van der Waals surface area contributed by atoms with Crippen molar-refractivity contribution in [2.45, 2.75) is 13.5 Å². The van der Waals surface area contributed by atoms with E-state index in [1.54, 1.807) is 6.20 Å². The average molecular weight is 244 g/mol. The zero-order valence-corrected chi connectivity index (χ0v) is 9.48. The molecule has 0 unspecified atom stereocenters. The van der Waals surface area contributed by atoms with Crippen molar-refractivity contribution >= 4 is 21.7 Å². The molecule has 2 N–H and O–H groups in total. The number of aromatic nitrogens is 1. The molecule has 72 valence electrons. The molecule has 13 heavy (non-hydrogen) atoms. The molecule has 0 amide bonds. The van der Waals surface area contributed by atoms with Crippen LogP contribution in [-0.2, 0) is 6.54 Å². The molecule has 1 aromatic rings. The molecule has 0 aliphatic rings. The van der Waals surface area contributed by atoms with Crippen molar-refractivity contribution < 1.29 is 0 Å². The SMILES string of the molecule is CCNc1ncc(Br)cc1CNC. The van der Waals surface area contributed by atoms with Crippen molar-refractivity contribution in [1.82, 2.24) is 10.3 Å². The zero-order valence-electron chi connectivity index (χ0n) is 7.89. The molecule has 3 nitrogen and oxygen atoms in total. The summed E-state index contributed by atoms with van der Waals surface area (Å²) in [6.45, 7) is 3.78. The third kappa shape index (κ3) is 2.97.